The van der Waals surface area contributed by atoms with Crippen molar-refractivity contribution >= 4 is 5.71 Å². The van der Waals surface area contributed by atoms with Crippen LogP contribution in [0.1, 0.15) is 26.7 Å². The van der Waals surface area contributed by atoms with Crippen LogP contribution in [-0.2, 0) is 0 Å². The number of fused-ring (bicyclic) bond motifs is 4. The fraction of sp³-hybridized carbons (Fsp3) is 0.318. The van der Waals surface area contributed by atoms with Crippen LogP contribution in [0, 0.1) is 0 Å². The largest absolute Gasteiger partial charge is 0.379 e. The van der Waals surface area contributed by atoms with Crippen molar-refractivity contribution < 1.29 is 0 Å². The number of nitrogens with zero attached hydrogens (tertiary/aromatic N) is 1. The van der Waals surface area contributed by atoms with E-state index in [4.69, 9.17) is 4.99 Å². The Morgan fingerprint density at radius 2 is 1.77 bits per heavy atom. The first-order valence-electron chi connectivity index (χ1n) is 9.16. The van der Waals surface area contributed by atoms with Crippen LogP contribution in [0.5, 0.6) is 0 Å². The van der Waals surface area contributed by atoms with Crippen molar-refractivity contribution in [3.05, 3.63) is 84.6 Å². The molecule has 26 heavy (non-hydrogen) atoms. The average Bonchev–Trinajstić information content (AvgIpc) is 3.22. The van der Waals surface area contributed by atoms with Crippen molar-refractivity contribution in [2.24, 2.45) is 4.99 Å². The van der Waals surface area contributed by atoms with Gasteiger partial charge >= 0.3 is 0 Å². The molecule has 0 radical (unpaired) electrons. The maximum atomic E-state index is 4.80. The molecular weight excluding hydrogens is 320 g/mol. The zero-order valence-corrected chi connectivity index (χ0v) is 15.6. The van der Waals surface area contributed by atoms with Crippen LogP contribution in [-0.4, -0.2) is 23.8 Å². The van der Waals surface area contributed by atoms with Crippen molar-refractivity contribution in [1.29, 1.82) is 0 Å². The molecule has 136 valence electrons. The van der Waals surface area contributed by atoms with Crippen molar-refractivity contribution in [2.45, 2.75) is 44.8 Å². The van der Waals surface area contributed by atoms with Gasteiger partial charge in [0.15, 0.2) is 0 Å². The third-order valence-electron chi connectivity index (χ3n) is 4.66. The number of rotatable bonds is 1. The van der Waals surface area contributed by atoms with Crippen LogP contribution in [0.4, 0.5) is 0 Å². The van der Waals surface area contributed by atoms with Crippen LogP contribution < -0.4 is 16.0 Å². The fourth-order valence-corrected chi connectivity index (χ4v) is 3.39. The maximum absolute atomic E-state index is 4.80. The molecule has 3 N–H and O–H groups in total. The van der Waals surface area contributed by atoms with Crippen LogP contribution in [0.3, 0.4) is 0 Å². The Morgan fingerprint density at radius 3 is 2.38 bits per heavy atom. The number of hydrogen-bond acceptors (Lipinski definition) is 4. The van der Waals surface area contributed by atoms with Gasteiger partial charge < -0.3 is 16.0 Å². The van der Waals surface area contributed by atoms with Gasteiger partial charge in [0.1, 0.15) is 0 Å². The molecular formula is C22H28N4. The highest BCUT2D eigenvalue weighted by atomic mass is 15.0. The van der Waals surface area contributed by atoms with Crippen LogP contribution >= 0.6 is 0 Å². The molecule has 0 aromatic heterocycles. The van der Waals surface area contributed by atoms with Crippen molar-refractivity contribution in [1.82, 2.24) is 16.0 Å². The van der Waals surface area contributed by atoms with Crippen LogP contribution in [0.2, 0.25) is 0 Å². The summed E-state index contributed by atoms with van der Waals surface area (Å²) in [5.41, 5.74) is 5.14. The van der Waals surface area contributed by atoms with E-state index < -0.39 is 0 Å². The van der Waals surface area contributed by atoms with E-state index >= 15 is 0 Å². The summed E-state index contributed by atoms with van der Waals surface area (Å²) < 4.78 is 0. The number of hydrogen-bond donors (Lipinski definition) is 3. The van der Waals surface area contributed by atoms with Crippen molar-refractivity contribution in [3.8, 4) is 0 Å². The Kier molecular flexibility index (Phi) is 5.61. The molecule has 0 aromatic rings. The lowest BCUT2D eigenvalue weighted by atomic mass is 10.1. The number of nitrogens with one attached hydrogen (secondary N) is 3. The van der Waals surface area contributed by atoms with Crippen LogP contribution in [0.25, 0.3) is 0 Å². The molecule has 3 aliphatic heterocycles. The highest BCUT2D eigenvalue weighted by Gasteiger charge is 2.20. The minimum atomic E-state index is 0.0222. The van der Waals surface area contributed by atoms with E-state index in [0.29, 0.717) is 12.1 Å². The van der Waals surface area contributed by atoms with Gasteiger partial charge in [-0.15, -0.1) is 6.58 Å². The van der Waals surface area contributed by atoms with Crippen LogP contribution in [0.15, 0.2) is 89.5 Å². The Labute approximate surface area is 156 Å². The van der Waals surface area contributed by atoms with Gasteiger partial charge in [0, 0.05) is 47.0 Å². The topological polar surface area (TPSA) is 48.5 Å². The third kappa shape index (κ3) is 4.66. The third-order valence-corrected chi connectivity index (χ3v) is 4.66. The normalized spacial score (nSPS) is 36.1. The Balaban J connectivity index is 1.88. The zero-order chi connectivity index (χ0) is 18.5. The quantitative estimate of drug-likeness (QED) is 0.634. The van der Waals surface area contributed by atoms with E-state index in [-0.39, 0.29) is 6.04 Å². The summed E-state index contributed by atoms with van der Waals surface area (Å²) in [5.74, 6) is 0. The predicted molar refractivity (Wildman–Crippen MR) is 111 cm³/mol. The summed E-state index contributed by atoms with van der Waals surface area (Å²) in [6.07, 6.45) is 18.6. The lowest BCUT2D eigenvalue weighted by Gasteiger charge is -2.18. The molecule has 4 bridgehead atoms. The van der Waals surface area contributed by atoms with Gasteiger partial charge in [-0.05, 0) is 44.6 Å². The van der Waals surface area contributed by atoms with Gasteiger partial charge in [-0.25, -0.2) is 0 Å². The van der Waals surface area contributed by atoms with E-state index in [1.54, 1.807) is 0 Å². The molecule has 0 amide bonds. The zero-order valence-electron chi connectivity index (χ0n) is 15.6. The molecule has 0 fully saturated rings. The molecule has 0 spiro atoms. The first-order chi connectivity index (χ1) is 12.6. The van der Waals surface area contributed by atoms with Crippen molar-refractivity contribution in [2.75, 3.05) is 0 Å². The van der Waals surface area contributed by atoms with E-state index in [1.807, 2.05) is 26.0 Å². The predicted octanol–water partition coefficient (Wildman–Crippen LogP) is 3.63. The SMILES string of the molecule is C=CC1C/C(=C/C)NC(=C)/C=C2/C=CC(CC3C=C/C(=C/C(C)=N/1)N3)N2. The second-order valence-electron chi connectivity index (χ2n) is 6.90. The first-order valence-corrected chi connectivity index (χ1v) is 9.16. The van der Waals surface area contributed by atoms with Gasteiger partial charge in [0.05, 0.1) is 6.04 Å². The molecule has 3 rings (SSSR count). The minimum Gasteiger partial charge on any atom is -0.379 e. The van der Waals surface area contributed by atoms with E-state index in [2.05, 4.69) is 65.6 Å². The summed E-state index contributed by atoms with van der Waals surface area (Å²) in [6, 6.07) is 0.674. The lowest BCUT2D eigenvalue weighted by Crippen LogP contribution is -2.31. The molecule has 4 nitrogen and oxygen atoms in total. The molecule has 3 unspecified atom stereocenters. The number of aliphatic imine (C=N–C) groups is 1. The smallest absolute Gasteiger partial charge is 0.0734 e. The molecule has 0 saturated heterocycles. The van der Waals surface area contributed by atoms with Gasteiger partial charge in [0.25, 0.3) is 0 Å². The standard InChI is InChI=1S/C22H28N4/c1-5-17-13-18(6-2)24-16(4)12-20-8-10-22(26-20)14-21-9-7-19(25-21)11-15(3)23-17/h5-12,17,21-22,24-26H,1,4,13-14H2,2-3H3/b18-6-,19-11-,20-12-,23-15+. The highest BCUT2D eigenvalue weighted by molar-refractivity contribution is 5.94. The van der Waals surface area contributed by atoms with Crippen molar-refractivity contribution in [3.63, 3.8) is 0 Å². The van der Waals surface area contributed by atoms with Gasteiger partial charge in [-0.2, -0.15) is 0 Å². The number of allylic oxidation sites excluding steroid dienone is 5. The second-order valence-corrected chi connectivity index (χ2v) is 6.90. The molecule has 3 heterocycles. The Hall–Kier alpha value is -2.75. The molecule has 3 atom stereocenters. The second kappa shape index (κ2) is 8.09. The molecule has 4 heteroatoms. The van der Waals surface area contributed by atoms with Gasteiger partial charge in [-0.3, -0.25) is 4.99 Å². The fourth-order valence-electron chi connectivity index (χ4n) is 3.39. The summed E-state index contributed by atoms with van der Waals surface area (Å²) in [7, 11) is 0. The molecule has 0 saturated carbocycles. The monoisotopic (exact) mass is 348 g/mol. The average molecular weight is 348 g/mol. The molecule has 3 aliphatic rings. The minimum absolute atomic E-state index is 0.0222. The van der Waals surface area contributed by atoms with E-state index in [1.165, 1.54) is 0 Å². The van der Waals surface area contributed by atoms with Gasteiger partial charge in [0.2, 0.25) is 0 Å². The van der Waals surface area contributed by atoms with E-state index in [0.717, 1.165) is 41.3 Å². The lowest BCUT2D eigenvalue weighted by molar-refractivity contribution is 0.562. The Bertz CT molecular complexity index is 761. The molecule has 0 aromatic carbocycles. The summed E-state index contributed by atoms with van der Waals surface area (Å²) in [4.78, 5) is 4.80. The van der Waals surface area contributed by atoms with Gasteiger partial charge in [-0.1, -0.05) is 30.9 Å². The first kappa shape index (κ1) is 18.1. The summed E-state index contributed by atoms with van der Waals surface area (Å²) >= 11 is 0. The summed E-state index contributed by atoms with van der Waals surface area (Å²) in [6.45, 7) is 12.1. The Morgan fingerprint density at radius 1 is 1.12 bits per heavy atom. The maximum Gasteiger partial charge on any atom is 0.0734 e. The molecule has 0 aliphatic carbocycles. The summed E-state index contributed by atoms with van der Waals surface area (Å²) in [5, 5.41) is 10.5. The van der Waals surface area contributed by atoms with E-state index in [9.17, 15) is 0 Å². The highest BCUT2D eigenvalue weighted by Crippen LogP contribution is 2.18.